The lowest BCUT2D eigenvalue weighted by Gasteiger charge is -2.26. The molecule has 7 nitrogen and oxygen atoms in total. The van der Waals surface area contributed by atoms with Crippen LogP contribution in [0.1, 0.15) is 41.2 Å². The van der Waals surface area contributed by atoms with Gasteiger partial charge in [0, 0.05) is 18.0 Å². The number of halogens is 1. The van der Waals surface area contributed by atoms with Crippen LogP contribution in [0.25, 0.3) is 0 Å². The van der Waals surface area contributed by atoms with Crippen molar-refractivity contribution in [2.24, 2.45) is 5.73 Å². The van der Waals surface area contributed by atoms with Gasteiger partial charge in [0.25, 0.3) is 11.8 Å². The number of rotatable bonds is 5. The van der Waals surface area contributed by atoms with Crippen molar-refractivity contribution in [2.75, 3.05) is 26.4 Å². The van der Waals surface area contributed by atoms with Gasteiger partial charge in [-0.1, -0.05) is 17.7 Å². The van der Waals surface area contributed by atoms with Crippen molar-refractivity contribution in [2.45, 2.75) is 25.3 Å². The Morgan fingerprint density at radius 1 is 1.10 bits per heavy atom. The molecule has 1 saturated heterocycles. The SMILES string of the molecule is NC(=O)c1cc(Cl)ccc1OCC(=O)N1CCC[C@@H]1c1ccc2c(c1)OCCCO2. The van der Waals surface area contributed by atoms with E-state index in [0.29, 0.717) is 30.5 Å². The standard InChI is InChI=1S/C22H23ClN2O5/c23-15-5-7-18(16(12-15)22(24)27)30-13-21(26)25-8-1-3-17(25)14-4-6-19-20(11-14)29-10-2-9-28-19/h4-7,11-12,17H,1-3,8-10,13H2,(H2,24,27)/t17-/m1/s1. The van der Waals surface area contributed by atoms with Crippen LogP contribution in [0, 0.1) is 0 Å². The van der Waals surface area contributed by atoms with E-state index in [1.807, 2.05) is 18.2 Å². The minimum Gasteiger partial charge on any atom is -0.490 e. The predicted octanol–water partition coefficient (Wildman–Crippen LogP) is 3.34. The van der Waals surface area contributed by atoms with E-state index < -0.39 is 5.91 Å². The molecule has 2 N–H and O–H groups in total. The maximum atomic E-state index is 12.9. The summed E-state index contributed by atoms with van der Waals surface area (Å²) in [6.07, 6.45) is 2.60. The van der Waals surface area contributed by atoms with Gasteiger partial charge in [-0.3, -0.25) is 9.59 Å². The van der Waals surface area contributed by atoms with Crippen molar-refractivity contribution < 1.29 is 23.8 Å². The molecule has 1 fully saturated rings. The molecule has 0 saturated carbocycles. The van der Waals surface area contributed by atoms with Gasteiger partial charge in [0.15, 0.2) is 18.1 Å². The highest BCUT2D eigenvalue weighted by Gasteiger charge is 2.31. The summed E-state index contributed by atoms with van der Waals surface area (Å²) in [7, 11) is 0. The fourth-order valence-electron chi connectivity index (χ4n) is 3.84. The highest BCUT2D eigenvalue weighted by Crippen LogP contribution is 2.38. The number of likely N-dealkylation sites (tertiary alicyclic amines) is 1. The van der Waals surface area contributed by atoms with Gasteiger partial charge in [-0.25, -0.2) is 0 Å². The first-order valence-corrected chi connectivity index (χ1v) is 10.3. The number of ether oxygens (including phenoxy) is 3. The van der Waals surface area contributed by atoms with Gasteiger partial charge in [-0.15, -0.1) is 0 Å². The van der Waals surface area contributed by atoms with Crippen molar-refractivity contribution in [1.82, 2.24) is 4.90 Å². The molecule has 158 valence electrons. The molecular formula is C22H23ClN2O5. The molecule has 0 unspecified atom stereocenters. The Morgan fingerprint density at radius 2 is 1.90 bits per heavy atom. The zero-order valence-corrected chi connectivity index (χ0v) is 17.2. The molecule has 0 aromatic heterocycles. The number of nitrogens with zero attached hydrogens (tertiary/aromatic N) is 1. The highest BCUT2D eigenvalue weighted by molar-refractivity contribution is 6.31. The molecule has 30 heavy (non-hydrogen) atoms. The third kappa shape index (κ3) is 4.31. The molecule has 2 aliphatic rings. The van der Waals surface area contributed by atoms with Crippen LogP contribution in [0.5, 0.6) is 17.2 Å². The van der Waals surface area contributed by atoms with Crippen molar-refractivity contribution in [3.05, 3.63) is 52.5 Å². The maximum Gasteiger partial charge on any atom is 0.261 e. The van der Waals surface area contributed by atoms with E-state index >= 15 is 0 Å². The minimum atomic E-state index is -0.661. The predicted molar refractivity (Wildman–Crippen MR) is 111 cm³/mol. The second kappa shape index (κ2) is 8.83. The van der Waals surface area contributed by atoms with Crippen LogP contribution < -0.4 is 19.9 Å². The monoisotopic (exact) mass is 430 g/mol. The van der Waals surface area contributed by atoms with E-state index in [4.69, 9.17) is 31.5 Å². The molecule has 2 heterocycles. The second-order valence-electron chi connectivity index (χ2n) is 7.30. The Hall–Kier alpha value is -2.93. The van der Waals surface area contributed by atoms with Gasteiger partial charge < -0.3 is 24.8 Å². The molecule has 0 aliphatic carbocycles. The lowest BCUT2D eigenvalue weighted by molar-refractivity contribution is -0.134. The molecule has 0 radical (unpaired) electrons. The van der Waals surface area contributed by atoms with Crippen LogP contribution in [-0.4, -0.2) is 43.1 Å². The first-order chi connectivity index (χ1) is 14.5. The molecule has 1 atom stereocenters. The fourth-order valence-corrected chi connectivity index (χ4v) is 4.01. The Kier molecular flexibility index (Phi) is 5.99. The summed E-state index contributed by atoms with van der Waals surface area (Å²) in [5.74, 6) is 0.873. The second-order valence-corrected chi connectivity index (χ2v) is 7.73. The van der Waals surface area contributed by atoms with Crippen LogP contribution in [0.15, 0.2) is 36.4 Å². The Morgan fingerprint density at radius 3 is 2.70 bits per heavy atom. The number of benzene rings is 2. The summed E-state index contributed by atoms with van der Waals surface area (Å²) in [6, 6.07) is 10.3. The molecule has 8 heteroatoms. The number of nitrogens with two attached hydrogens (primary N) is 1. The smallest absolute Gasteiger partial charge is 0.261 e. The summed E-state index contributed by atoms with van der Waals surface area (Å²) < 4.78 is 17.1. The van der Waals surface area contributed by atoms with Crippen molar-refractivity contribution >= 4 is 23.4 Å². The highest BCUT2D eigenvalue weighted by atomic mass is 35.5. The normalized spacial score (nSPS) is 18.0. The first-order valence-electron chi connectivity index (χ1n) is 9.94. The third-order valence-electron chi connectivity index (χ3n) is 5.29. The topological polar surface area (TPSA) is 91.1 Å². The van der Waals surface area contributed by atoms with Crippen molar-refractivity contribution in [1.29, 1.82) is 0 Å². The van der Waals surface area contributed by atoms with Crippen molar-refractivity contribution in [3.8, 4) is 17.2 Å². The van der Waals surface area contributed by atoms with E-state index in [1.54, 1.807) is 17.0 Å². The molecule has 2 amide bonds. The minimum absolute atomic E-state index is 0.0564. The number of hydrogen-bond acceptors (Lipinski definition) is 5. The molecule has 0 bridgehead atoms. The lowest BCUT2D eigenvalue weighted by atomic mass is 10.0. The number of carbonyl (C=O) groups excluding carboxylic acids is 2. The van der Waals surface area contributed by atoms with Gasteiger partial charge in [0.1, 0.15) is 5.75 Å². The summed E-state index contributed by atoms with van der Waals surface area (Å²) in [6.45, 7) is 1.70. The van der Waals surface area contributed by atoms with Crippen LogP contribution in [0.4, 0.5) is 0 Å². The average molecular weight is 431 g/mol. The molecule has 0 spiro atoms. The number of carbonyl (C=O) groups is 2. The van der Waals surface area contributed by atoms with E-state index in [-0.39, 0.29) is 29.9 Å². The Bertz CT molecular complexity index is 965. The number of amides is 2. The molecular weight excluding hydrogens is 408 g/mol. The summed E-state index contributed by atoms with van der Waals surface area (Å²) in [5, 5.41) is 0.372. The lowest BCUT2D eigenvalue weighted by Crippen LogP contribution is -2.34. The number of primary amides is 1. The van der Waals surface area contributed by atoms with E-state index in [1.165, 1.54) is 6.07 Å². The average Bonchev–Trinajstić information content (AvgIpc) is 3.11. The summed E-state index contributed by atoms with van der Waals surface area (Å²) >= 11 is 5.92. The van der Waals surface area contributed by atoms with Crippen LogP contribution >= 0.6 is 11.6 Å². The van der Waals surface area contributed by atoms with Crippen LogP contribution in [0.3, 0.4) is 0 Å². The fraction of sp³-hybridized carbons (Fsp3) is 0.364. The van der Waals surface area contributed by atoms with Crippen LogP contribution in [0.2, 0.25) is 5.02 Å². The third-order valence-corrected chi connectivity index (χ3v) is 5.52. The molecule has 4 rings (SSSR count). The molecule has 2 aromatic carbocycles. The maximum absolute atomic E-state index is 12.9. The van der Waals surface area contributed by atoms with E-state index in [0.717, 1.165) is 30.6 Å². The van der Waals surface area contributed by atoms with Gasteiger partial charge in [-0.05, 0) is 48.7 Å². The van der Waals surface area contributed by atoms with Crippen LogP contribution in [-0.2, 0) is 4.79 Å². The number of fused-ring (bicyclic) bond motifs is 1. The van der Waals surface area contributed by atoms with Gasteiger partial charge in [-0.2, -0.15) is 0 Å². The van der Waals surface area contributed by atoms with Crippen molar-refractivity contribution in [3.63, 3.8) is 0 Å². The Labute approximate surface area is 179 Å². The van der Waals surface area contributed by atoms with Gasteiger partial charge in [0.05, 0.1) is 24.8 Å². The largest absolute Gasteiger partial charge is 0.490 e. The Balaban J connectivity index is 1.47. The first kappa shape index (κ1) is 20.3. The zero-order chi connectivity index (χ0) is 21.1. The zero-order valence-electron chi connectivity index (χ0n) is 16.4. The van der Waals surface area contributed by atoms with Gasteiger partial charge in [0.2, 0.25) is 0 Å². The molecule has 2 aliphatic heterocycles. The molecule has 2 aromatic rings. The summed E-state index contributed by atoms with van der Waals surface area (Å²) in [4.78, 5) is 26.3. The summed E-state index contributed by atoms with van der Waals surface area (Å²) in [5.41, 5.74) is 6.54. The number of hydrogen-bond donors (Lipinski definition) is 1. The van der Waals surface area contributed by atoms with Gasteiger partial charge >= 0.3 is 0 Å². The van der Waals surface area contributed by atoms with E-state index in [9.17, 15) is 9.59 Å². The quantitative estimate of drug-likeness (QED) is 0.785. The van der Waals surface area contributed by atoms with E-state index in [2.05, 4.69) is 0 Å².